The summed E-state index contributed by atoms with van der Waals surface area (Å²) >= 11 is 0. The number of ketones is 1. The molecule has 18 heavy (non-hydrogen) atoms. The highest BCUT2D eigenvalue weighted by Crippen LogP contribution is 2.16. The Labute approximate surface area is 110 Å². The van der Waals surface area contributed by atoms with Gasteiger partial charge in [0.05, 0.1) is 7.11 Å². The number of hydrogen-bond donors (Lipinski definition) is 0. The molecule has 3 nitrogen and oxygen atoms in total. The highest BCUT2D eigenvalue weighted by atomic mass is 16.5. The molecular weight excluding hydrogens is 226 g/mol. The van der Waals surface area contributed by atoms with E-state index in [1.807, 2.05) is 6.07 Å². The number of rotatable bonds is 7. The summed E-state index contributed by atoms with van der Waals surface area (Å²) in [5, 5.41) is 0. The lowest BCUT2D eigenvalue weighted by Gasteiger charge is -2.12. The van der Waals surface area contributed by atoms with Crippen molar-refractivity contribution in [2.75, 3.05) is 7.11 Å². The third kappa shape index (κ3) is 5.30. The SMILES string of the molecule is COc1ccc(CC(=O)CC(C)CC(C)C)cn1. The molecule has 3 heteroatoms. The second-order valence-corrected chi connectivity index (χ2v) is 5.36. The van der Waals surface area contributed by atoms with Gasteiger partial charge in [0.15, 0.2) is 0 Å². The van der Waals surface area contributed by atoms with Crippen molar-refractivity contribution in [1.82, 2.24) is 4.98 Å². The quantitative estimate of drug-likeness (QED) is 0.744. The first-order valence-corrected chi connectivity index (χ1v) is 6.52. The molecule has 1 aromatic rings. The smallest absolute Gasteiger partial charge is 0.212 e. The predicted molar refractivity (Wildman–Crippen MR) is 72.7 cm³/mol. The minimum absolute atomic E-state index is 0.287. The average Bonchev–Trinajstić information content (AvgIpc) is 2.28. The van der Waals surface area contributed by atoms with E-state index < -0.39 is 0 Å². The fourth-order valence-corrected chi connectivity index (χ4v) is 2.21. The van der Waals surface area contributed by atoms with Gasteiger partial charge in [-0.2, -0.15) is 0 Å². The zero-order valence-electron chi connectivity index (χ0n) is 11.8. The molecule has 100 valence electrons. The first kappa shape index (κ1) is 14.7. The number of hydrogen-bond acceptors (Lipinski definition) is 3. The van der Waals surface area contributed by atoms with E-state index in [9.17, 15) is 4.79 Å². The van der Waals surface area contributed by atoms with Crippen LogP contribution in [0.2, 0.25) is 0 Å². The van der Waals surface area contributed by atoms with Gasteiger partial charge >= 0.3 is 0 Å². The van der Waals surface area contributed by atoms with Gasteiger partial charge in [-0.1, -0.05) is 26.8 Å². The number of methoxy groups -OCH3 is 1. The summed E-state index contributed by atoms with van der Waals surface area (Å²) in [5.74, 6) is 1.98. The molecule has 1 aromatic heterocycles. The summed E-state index contributed by atoms with van der Waals surface area (Å²) in [6.07, 6.45) is 3.94. The van der Waals surface area contributed by atoms with E-state index in [1.54, 1.807) is 19.4 Å². The van der Waals surface area contributed by atoms with Crippen LogP contribution in [-0.2, 0) is 11.2 Å². The molecule has 0 spiro atoms. The lowest BCUT2D eigenvalue weighted by atomic mass is 9.93. The van der Waals surface area contributed by atoms with Crippen LogP contribution in [-0.4, -0.2) is 17.9 Å². The van der Waals surface area contributed by atoms with E-state index in [4.69, 9.17) is 4.74 Å². The van der Waals surface area contributed by atoms with Gasteiger partial charge in [-0.25, -0.2) is 4.98 Å². The van der Waals surface area contributed by atoms with Gasteiger partial charge in [0.1, 0.15) is 5.78 Å². The van der Waals surface area contributed by atoms with Gasteiger partial charge in [0.2, 0.25) is 5.88 Å². The van der Waals surface area contributed by atoms with Crippen molar-refractivity contribution >= 4 is 5.78 Å². The average molecular weight is 249 g/mol. The van der Waals surface area contributed by atoms with Crippen LogP contribution >= 0.6 is 0 Å². The molecule has 0 aliphatic heterocycles. The molecule has 0 amide bonds. The largest absolute Gasteiger partial charge is 0.481 e. The molecule has 0 bridgehead atoms. The number of aromatic nitrogens is 1. The van der Waals surface area contributed by atoms with Crippen molar-refractivity contribution in [2.24, 2.45) is 11.8 Å². The second-order valence-electron chi connectivity index (χ2n) is 5.36. The van der Waals surface area contributed by atoms with Gasteiger partial charge in [-0.3, -0.25) is 4.79 Å². The fourth-order valence-electron chi connectivity index (χ4n) is 2.21. The van der Waals surface area contributed by atoms with Crippen LogP contribution in [0.5, 0.6) is 5.88 Å². The number of Topliss-reactive ketones (excluding diaryl/α,β-unsaturated/α-hetero) is 1. The maximum Gasteiger partial charge on any atom is 0.212 e. The lowest BCUT2D eigenvalue weighted by Crippen LogP contribution is -2.10. The van der Waals surface area contributed by atoms with E-state index in [0.29, 0.717) is 30.6 Å². The van der Waals surface area contributed by atoms with Crippen molar-refractivity contribution < 1.29 is 9.53 Å². The standard InChI is InChI=1S/C15H23NO2/c1-11(2)7-12(3)8-14(17)9-13-5-6-15(18-4)16-10-13/h5-6,10-12H,7-9H2,1-4H3. The Hall–Kier alpha value is -1.38. The van der Waals surface area contributed by atoms with Crippen LogP contribution in [0, 0.1) is 11.8 Å². The van der Waals surface area contributed by atoms with Crippen molar-refractivity contribution in [1.29, 1.82) is 0 Å². The number of carbonyl (C=O) groups is 1. The van der Waals surface area contributed by atoms with Gasteiger partial charge in [0.25, 0.3) is 0 Å². The summed E-state index contributed by atoms with van der Waals surface area (Å²) in [5.41, 5.74) is 0.956. The third-order valence-electron chi connectivity index (χ3n) is 2.86. The van der Waals surface area contributed by atoms with Gasteiger partial charge < -0.3 is 4.74 Å². The topological polar surface area (TPSA) is 39.2 Å². The maximum absolute atomic E-state index is 11.9. The number of carbonyl (C=O) groups excluding carboxylic acids is 1. The number of ether oxygens (including phenoxy) is 1. The molecule has 0 saturated carbocycles. The first-order chi connectivity index (χ1) is 8.51. The summed E-state index contributed by atoms with van der Waals surface area (Å²) in [4.78, 5) is 16.0. The molecule has 1 heterocycles. The Bertz CT molecular complexity index is 371. The Morgan fingerprint density at radius 3 is 2.56 bits per heavy atom. The Morgan fingerprint density at radius 1 is 1.33 bits per heavy atom. The molecule has 0 fully saturated rings. The van der Waals surface area contributed by atoms with Crippen LogP contribution < -0.4 is 4.74 Å². The molecule has 0 aliphatic carbocycles. The lowest BCUT2D eigenvalue weighted by molar-refractivity contribution is -0.119. The Balaban J connectivity index is 2.43. The molecule has 1 unspecified atom stereocenters. The molecule has 0 N–H and O–H groups in total. The molecule has 0 saturated heterocycles. The minimum Gasteiger partial charge on any atom is -0.481 e. The number of pyridine rings is 1. The highest BCUT2D eigenvalue weighted by Gasteiger charge is 2.11. The molecule has 0 aliphatic rings. The van der Waals surface area contributed by atoms with E-state index >= 15 is 0 Å². The van der Waals surface area contributed by atoms with Gasteiger partial charge in [-0.05, 0) is 23.8 Å². The predicted octanol–water partition coefficient (Wildman–Crippen LogP) is 3.27. The van der Waals surface area contributed by atoms with Crippen molar-refractivity contribution in [3.05, 3.63) is 23.9 Å². The number of nitrogens with zero attached hydrogens (tertiary/aromatic N) is 1. The highest BCUT2D eigenvalue weighted by molar-refractivity contribution is 5.80. The molecule has 0 radical (unpaired) electrons. The zero-order chi connectivity index (χ0) is 13.5. The molecule has 0 aromatic carbocycles. The van der Waals surface area contributed by atoms with Crippen LogP contribution in [0.1, 0.15) is 39.2 Å². The van der Waals surface area contributed by atoms with E-state index in [0.717, 1.165) is 12.0 Å². The summed E-state index contributed by atoms with van der Waals surface area (Å²) < 4.78 is 4.99. The summed E-state index contributed by atoms with van der Waals surface area (Å²) in [6.45, 7) is 6.52. The fraction of sp³-hybridized carbons (Fsp3) is 0.600. The Kier molecular flexibility index (Phi) is 5.83. The van der Waals surface area contributed by atoms with Crippen molar-refractivity contribution in [2.45, 2.75) is 40.0 Å². The first-order valence-electron chi connectivity index (χ1n) is 6.52. The minimum atomic E-state index is 0.287. The van der Waals surface area contributed by atoms with Crippen LogP contribution in [0.3, 0.4) is 0 Å². The van der Waals surface area contributed by atoms with Crippen molar-refractivity contribution in [3.63, 3.8) is 0 Å². The zero-order valence-corrected chi connectivity index (χ0v) is 11.8. The summed E-state index contributed by atoms with van der Waals surface area (Å²) in [6, 6.07) is 3.69. The second kappa shape index (κ2) is 7.14. The van der Waals surface area contributed by atoms with E-state index in [-0.39, 0.29) is 5.78 Å². The normalized spacial score (nSPS) is 12.5. The van der Waals surface area contributed by atoms with E-state index in [1.165, 1.54) is 0 Å². The summed E-state index contributed by atoms with van der Waals surface area (Å²) in [7, 11) is 1.58. The van der Waals surface area contributed by atoms with Gasteiger partial charge in [-0.15, -0.1) is 0 Å². The third-order valence-corrected chi connectivity index (χ3v) is 2.86. The van der Waals surface area contributed by atoms with Crippen LogP contribution in [0.25, 0.3) is 0 Å². The Morgan fingerprint density at radius 2 is 2.06 bits per heavy atom. The van der Waals surface area contributed by atoms with Crippen LogP contribution in [0.4, 0.5) is 0 Å². The molecular formula is C15H23NO2. The maximum atomic E-state index is 11.9. The monoisotopic (exact) mass is 249 g/mol. The molecule has 1 atom stereocenters. The van der Waals surface area contributed by atoms with Gasteiger partial charge in [0, 0.05) is 25.1 Å². The molecule has 1 rings (SSSR count). The van der Waals surface area contributed by atoms with E-state index in [2.05, 4.69) is 25.8 Å². The van der Waals surface area contributed by atoms with Crippen molar-refractivity contribution in [3.8, 4) is 5.88 Å². The van der Waals surface area contributed by atoms with Crippen LogP contribution in [0.15, 0.2) is 18.3 Å².